The molecule has 3 rings (SSSR count). The molecule has 1 N–H and O–H groups in total. The van der Waals surface area contributed by atoms with Gasteiger partial charge in [-0.25, -0.2) is 8.42 Å². The molecule has 138 valence electrons. The van der Waals surface area contributed by atoms with Crippen molar-refractivity contribution in [2.75, 3.05) is 23.8 Å². The SMILES string of the molecule is O=C(CSC1CCS(=O)(=O)C1)NCC(c1ccccc1)c1ccccc1. The van der Waals surface area contributed by atoms with Crippen molar-refractivity contribution in [3.8, 4) is 0 Å². The zero-order chi connectivity index (χ0) is 18.4. The van der Waals surface area contributed by atoms with Crippen molar-refractivity contribution in [3.05, 3.63) is 71.8 Å². The third-order valence-corrected chi connectivity index (χ3v) is 7.83. The van der Waals surface area contributed by atoms with Crippen molar-refractivity contribution < 1.29 is 13.2 Å². The molecule has 1 heterocycles. The minimum Gasteiger partial charge on any atom is -0.354 e. The van der Waals surface area contributed by atoms with E-state index in [0.29, 0.717) is 18.7 Å². The molecule has 0 bridgehead atoms. The molecule has 0 aliphatic carbocycles. The Hall–Kier alpha value is -1.79. The van der Waals surface area contributed by atoms with Gasteiger partial charge in [0.15, 0.2) is 9.84 Å². The highest BCUT2D eigenvalue weighted by atomic mass is 32.2. The van der Waals surface area contributed by atoms with Crippen molar-refractivity contribution >= 4 is 27.5 Å². The molecule has 1 aliphatic heterocycles. The fourth-order valence-electron chi connectivity index (χ4n) is 3.15. The second-order valence-corrected chi connectivity index (χ2v) is 10.0. The van der Waals surface area contributed by atoms with Crippen LogP contribution in [-0.4, -0.2) is 43.4 Å². The molecule has 2 aromatic carbocycles. The predicted octanol–water partition coefficient (Wildman–Crippen LogP) is 2.86. The molecule has 1 aliphatic rings. The van der Waals surface area contributed by atoms with Gasteiger partial charge < -0.3 is 5.32 Å². The zero-order valence-electron chi connectivity index (χ0n) is 14.5. The monoisotopic (exact) mass is 389 g/mol. The highest BCUT2D eigenvalue weighted by Crippen LogP contribution is 2.25. The van der Waals surface area contributed by atoms with E-state index < -0.39 is 9.84 Å². The molecule has 0 aromatic heterocycles. The topological polar surface area (TPSA) is 63.2 Å². The Labute approximate surface area is 159 Å². The first kappa shape index (κ1) is 19.0. The molecule has 1 saturated heterocycles. The molecule has 1 fully saturated rings. The van der Waals surface area contributed by atoms with E-state index in [2.05, 4.69) is 29.6 Å². The van der Waals surface area contributed by atoms with Crippen LogP contribution in [0.3, 0.4) is 0 Å². The van der Waals surface area contributed by atoms with Gasteiger partial charge in [0.25, 0.3) is 0 Å². The van der Waals surface area contributed by atoms with Crippen molar-refractivity contribution in [2.45, 2.75) is 17.6 Å². The van der Waals surface area contributed by atoms with E-state index in [1.807, 2.05) is 36.4 Å². The summed E-state index contributed by atoms with van der Waals surface area (Å²) in [4.78, 5) is 12.2. The van der Waals surface area contributed by atoms with E-state index in [1.165, 1.54) is 11.8 Å². The Balaban J connectivity index is 1.57. The molecule has 0 saturated carbocycles. The molecular formula is C20H23NO3S2. The summed E-state index contributed by atoms with van der Waals surface area (Å²) in [6.07, 6.45) is 0.650. The van der Waals surface area contributed by atoms with E-state index >= 15 is 0 Å². The minimum atomic E-state index is -2.89. The van der Waals surface area contributed by atoms with E-state index in [0.717, 1.165) is 11.1 Å². The van der Waals surface area contributed by atoms with Gasteiger partial charge in [0.05, 0.1) is 17.3 Å². The molecule has 0 radical (unpaired) electrons. The van der Waals surface area contributed by atoms with Crippen molar-refractivity contribution in [1.29, 1.82) is 0 Å². The number of rotatable bonds is 7. The molecule has 1 unspecified atom stereocenters. The standard InChI is InChI=1S/C20H23NO3S2/c22-20(14-25-18-11-12-26(23,24)15-18)21-13-19(16-7-3-1-4-8-16)17-9-5-2-6-10-17/h1-10,18-19H,11-15H2,(H,21,22). The summed E-state index contributed by atoms with van der Waals surface area (Å²) in [6, 6.07) is 20.3. The maximum Gasteiger partial charge on any atom is 0.230 e. The number of sulfone groups is 1. The first-order valence-corrected chi connectivity index (χ1v) is 11.6. The summed E-state index contributed by atoms with van der Waals surface area (Å²) < 4.78 is 23.0. The van der Waals surface area contributed by atoms with Crippen LogP contribution in [0.4, 0.5) is 0 Å². The van der Waals surface area contributed by atoms with Crippen LogP contribution < -0.4 is 5.32 Å². The van der Waals surface area contributed by atoms with Gasteiger partial charge in [0, 0.05) is 17.7 Å². The summed E-state index contributed by atoms with van der Waals surface area (Å²) in [5.74, 6) is 0.795. The first-order valence-electron chi connectivity index (χ1n) is 8.72. The predicted molar refractivity (Wildman–Crippen MR) is 107 cm³/mol. The molecular weight excluding hydrogens is 366 g/mol. The molecule has 6 heteroatoms. The lowest BCUT2D eigenvalue weighted by molar-refractivity contribution is -0.118. The highest BCUT2D eigenvalue weighted by Gasteiger charge is 2.28. The summed E-state index contributed by atoms with van der Waals surface area (Å²) in [6.45, 7) is 0.524. The van der Waals surface area contributed by atoms with Gasteiger partial charge >= 0.3 is 0 Å². The van der Waals surface area contributed by atoms with Crippen LogP contribution in [-0.2, 0) is 14.6 Å². The maximum atomic E-state index is 12.2. The fraction of sp³-hybridized carbons (Fsp3) is 0.350. The number of benzene rings is 2. The van der Waals surface area contributed by atoms with Crippen LogP contribution in [0.1, 0.15) is 23.5 Å². The highest BCUT2D eigenvalue weighted by molar-refractivity contribution is 8.02. The molecule has 2 aromatic rings. The summed E-state index contributed by atoms with van der Waals surface area (Å²) >= 11 is 1.45. The third-order valence-electron chi connectivity index (χ3n) is 4.55. The van der Waals surface area contributed by atoms with Gasteiger partial charge in [0.2, 0.25) is 5.91 Å². The second kappa shape index (κ2) is 8.73. The minimum absolute atomic E-state index is 0.0452. The smallest absolute Gasteiger partial charge is 0.230 e. The molecule has 0 spiro atoms. The average molecular weight is 390 g/mol. The van der Waals surface area contributed by atoms with Crippen LogP contribution >= 0.6 is 11.8 Å². The normalized spacial score (nSPS) is 18.7. The summed E-state index contributed by atoms with van der Waals surface area (Å²) in [7, 11) is -2.89. The van der Waals surface area contributed by atoms with E-state index in [-0.39, 0.29) is 28.6 Å². The van der Waals surface area contributed by atoms with Gasteiger partial charge in [-0.15, -0.1) is 11.8 Å². The van der Waals surface area contributed by atoms with Crippen LogP contribution in [0.5, 0.6) is 0 Å². The lowest BCUT2D eigenvalue weighted by Crippen LogP contribution is -2.31. The fourth-order valence-corrected chi connectivity index (χ4v) is 6.62. The number of carbonyl (C=O) groups is 1. The Morgan fingerprint density at radius 2 is 1.62 bits per heavy atom. The Kier molecular flexibility index (Phi) is 6.38. The molecule has 26 heavy (non-hydrogen) atoms. The number of hydrogen-bond donors (Lipinski definition) is 1. The van der Waals surface area contributed by atoms with Crippen LogP contribution in [0.2, 0.25) is 0 Å². The van der Waals surface area contributed by atoms with Crippen molar-refractivity contribution in [1.82, 2.24) is 5.32 Å². The van der Waals surface area contributed by atoms with Crippen LogP contribution in [0.15, 0.2) is 60.7 Å². The van der Waals surface area contributed by atoms with Crippen molar-refractivity contribution in [3.63, 3.8) is 0 Å². The number of nitrogens with one attached hydrogen (secondary N) is 1. The van der Waals surface area contributed by atoms with E-state index in [4.69, 9.17) is 0 Å². The van der Waals surface area contributed by atoms with Crippen molar-refractivity contribution in [2.24, 2.45) is 0 Å². The quantitative estimate of drug-likeness (QED) is 0.791. The zero-order valence-corrected chi connectivity index (χ0v) is 16.1. The van der Waals surface area contributed by atoms with Crippen LogP contribution in [0, 0.1) is 0 Å². The molecule has 1 atom stereocenters. The van der Waals surface area contributed by atoms with Crippen LogP contribution in [0.25, 0.3) is 0 Å². The first-order chi connectivity index (χ1) is 12.5. The Morgan fingerprint density at radius 1 is 1.04 bits per heavy atom. The third kappa shape index (κ3) is 5.35. The van der Waals surface area contributed by atoms with Gasteiger partial charge in [-0.1, -0.05) is 60.7 Å². The largest absolute Gasteiger partial charge is 0.354 e. The number of thioether (sulfide) groups is 1. The van der Waals surface area contributed by atoms with Gasteiger partial charge in [0.1, 0.15) is 0 Å². The Morgan fingerprint density at radius 3 is 2.12 bits per heavy atom. The molecule has 4 nitrogen and oxygen atoms in total. The average Bonchev–Trinajstić information content (AvgIpc) is 3.01. The van der Waals surface area contributed by atoms with E-state index in [9.17, 15) is 13.2 Å². The number of amides is 1. The lowest BCUT2D eigenvalue weighted by Gasteiger charge is -2.19. The maximum absolute atomic E-state index is 12.2. The second-order valence-electron chi connectivity index (χ2n) is 6.51. The van der Waals surface area contributed by atoms with Gasteiger partial charge in [-0.2, -0.15) is 0 Å². The number of hydrogen-bond acceptors (Lipinski definition) is 4. The van der Waals surface area contributed by atoms with Gasteiger partial charge in [-0.05, 0) is 17.5 Å². The summed E-state index contributed by atoms with van der Waals surface area (Å²) in [5, 5.41) is 3.06. The van der Waals surface area contributed by atoms with E-state index in [1.54, 1.807) is 0 Å². The van der Waals surface area contributed by atoms with Gasteiger partial charge in [-0.3, -0.25) is 4.79 Å². The Bertz CT molecular complexity index is 783. The number of carbonyl (C=O) groups excluding carboxylic acids is 1. The lowest BCUT2D eigenvalue weighted by atomic mass is 9.91. The molecule has 1 amide bonds. The summed E-state index contributed by atoms with van der Waals surface area (Å²) in [5.41, 5.74) is 2.32.